The van der Waals surface area contributed by atoms with Crippen LogP contribution >= 0.6 is 23.2 Å². The number of aliphatic hydroxyl groups excluding tert-OH is 1. The number of carbonyl (C=O) groups excluding carboxylic acids is 1. The summed E-state index contributed by atoms with van der Waals surface area (Å²) in [6.07, 6.45) is -4.64. The molecule has 1 saturated carbocycles. The molecule has 0 bridgehead atoms. The molecular formula is C24H20Cl2F3N7O3. The Labute approximate surface area is 228 Å². The van der Waals surface area contributed by atoms with Crippen LogP contribution in [-0.2, 0) is 13.1 Å². The van der Waals surface area contributed by atoms with E-state index in [4.69, 9.17) is 23.2 Å². The lowest BCUT2D eigenvalue weighted by molar-refractivity contribution is -0.207. The first-order valence-electron chi connectivity index (χ1n) is 11.7. The van der Waals surface area contributed by atoms with Crippen molar-refractivity contribution in [2.75, 3.05) is 0 Å². The molecule has 2 aromatic carbocycles. The van der Waals surface area contributed by atoms with Crippen molar-refractivity contribution in [3.8, 4) is 17.1 Å². The normalized spacial score (nSPS) is 14.4. The Morgan fingerprint density at radius 1 is 1.13 bits per heavy atom. The Morgan fingerprint density at radius 2 is 1.85 bits per heavy atom. The zero-order valence-corrected chi connectivity index (χ0v) is 21.5. The first-order chi connectivity index (χ1) is 18.5. The number of hydrogen-bond acceptors (Lipinski definition) is 6. The van der Waals surface area contributed by atoms with Crippen LogP contribution in [-0.4, -0.2) is 58.4 Å². The van der Waals surface area contributed by atoms with Crippen LogP contribution in [0.4, 0.5) is 13.2 Å². The number of benzene rings is 2. The number of halogens is 5. The second kappa shape index (κ2) is 10.5. The maximum Gasteiger partial charge on any atom is 0.416 e. The number of para-hydroxylation sites is 1. The Hall–Kier alpha value is -3.68. The van der Waals surface area contributed by atoms with Gasteiger partial charge in [0.2, 0.25) is 0 Å². The maximum atomic E-state index is 13.1. The van der Waals surface area contributed by atoms with E-state index in [1.165, 1.54) is 35.3 Å². The van der Waals surface area contributed by atoms with Crippen molar-refractivity contribution in [3.63, 3.8) is 0 Å². The molecule has 2 aromatic heterocycles. The summed E-state index contributed by atoms with van der Waals surface area (Å²) >= 11 is 12.3. The zero-order valence-electron chi connectivity index (χ0n) is 19.9. The zero-order chi connectivity index (χ0) is 27.9. The van der Waals surface area contributed by atoms with Gasteiger partial charge in [0.25, 0.3) is 5.91 Å². The Balaban J connectivity index is 1.48. The molecule has 39 heavy (non-hydrogen) atoms. The molecule has 5 rings (SSSR count). The highest BCUT2D eigenvalue weighted by Gasteiger charge is 2.39. The predicted molar refractivity (Wildman–Crippen MR) is 135 cm³/mol. The van der Waals surface area contributed by atoms with Gasteiger partial charge in [-0.25, -0.2) is 19.1 Å². The summed E-state index contributed by atoms with van der Waals surface area (Å²) < 4.78 is 42.2. The quantitative estimate of drug-likeness (QED) is 0.329. The summed E-state index contributed by atoms with van der Waals surface area (Å²) in [5, 5.41) is 21.7. The molecule has 1 amide bonds. The van der Waals surface area contributed by atoms with Gasteiger partial charge in [-0.05, 0) is 49.2 Å². The standard InChI is InChI=1S/C24H20Cl2F3N7O3/c25-14-6-4-13(5-7-14)21-33-35(23(39)34(21)10-18(37)24(27,28)29)11-19-30-12-36(32-19)20-16(2-1-3-17(20)26)22(38)31-15-8-9-15/h1-7,12,15,18,37H,8-11H2,(H,31,38). The summed E-state index contributed by atoms with van der Waals surface area (Å²) in [5.41, 5.74) is -0.0464. The molecule has 4 aromatic rings. The van der Waals surface area contributed by atoms with Crippen LogP contribution < -0.4 is 11.0 Å². The van der Waals surface area contributed by atoms with Crippen LogP contribution in [0.1, 0.15) is 29.0 Å². The molecule has 1 atom stereocenters. The Bertz CT molecular complexity index is 1580. The fraction of sp³-hybridized carbons (Fsp3) is 0.292. The number of nitrogens with zero attached hydrogens (tertiary/aromatic N) is 6. The van der Waals surface area contributed by atoms with E-state index in [1.54, 1.807) is 18.2 Å². The second-order valence-corrected chi connectivity index (χ2v) is 9.77. The average molecular weight is 582 g/mol. The van der Waals surface area contributed by atoms with Gasteiger partial charge in [0.15, 0.2) is 17.8 Å². The average Bonchev–Trinajstić information content (AvgIpc) is 3.50. The van der Waals surface area contributed by atoms with Crippen molar-refractivity contribution < 1.29 is 23.1 Å². The number of aromatic nitrogens is 6. The molecule has 204 valence electrons. The van der Waals surface area contributed by atoms with E-state index in [1.807, 2.05) is 0 Å². The summed E-state index contributed by atoms with van der Waals surface area (Å²) in [4.78, 5) is 30.0. The van der Waals surface area contributed by atoms with E-state index >= 15 is 0 Å². The summed E-state index contributed by atoms with van der Waals surface area (Å²) in [6, 6.07) is 10.9. The smallest absolute Gasteiger partial charge is 0.382 e. The van der Waals surface area contributed by atoms with E-state index in [9.17, 15) is 27.9 Å². The van der Waals surface area contributed by atoms with Crippen LogP contribution in [0.3, 0.4) is 0 Å². The second-order valence-electron chi connectivity index (χ2n) is 8.93. The van der Waals surface area contributed by atoms with E-state index in [2.05, 4.69) is 20.5 Å². The van der Waals surface area contributed by atoms with Crippen LogP contribution in [0.2, 0.25) is 10.0 Å². The molecule has 1 aliphatic rings. The first-order valence-corrected chi connectivity index (χ1v) is 12.5. The van der Waals surface area contributed by atoms with Gasteiger partial charge in [-0.15, -0.1) is 10.2 Å². The van der Waals surface area contributed by atoms with Crippen molar-refractivity contribution in [2.45, 2.75) is 44.3 Å². The van der Waals surface area contributed by atoms with E-state index in [0.717, 1.165) is 22.1 Å². The monoisotopic (exact) mass is 581 g/mol. The molecule has 1 fully saturated rings. The van der Waals surface area contributed by atoms with Gasteiger partial charge in [-0.1, -0.05) is 29.3 Å². The number of aliphatic hydroxyl groups is 1. The number of hydrogen-bond donors (Lipinski definition) is 2. The number of rotatable bonds is 8. The molecule has 2 heterocycles. The summed E-state index contributed by atoms with van der Waals surface area (Å²) in [7, 11) is 0. The molecular weight excluding hydrogens is 562 g/mol. The predicted octanol–water partition coefficient (Wildman–Crippen LogP) is 3.46. The van der Waals surface area contributed by atoms with Crippen molar-refractivity contribution >= 4 is 29.1 Å². The Kier molecular flexibility index (Phi) is 7.23. The minimum atomic E-state index is -4.95. The third kappa shape index (κ3) is 5.84. The molecule has 10 nitrogen and oxygen atoms in total. The van der Waals surface area contributed by atoms with Gasteiger partial charge in [-0.2, -0.15) is 13.2 Å². The highest BCUT2D eigenvalue weighted by atomic mass is 35.5. The van der Waals surface area contributed by atoms with Crippen LogP contribution in [0.15, 0.2) is 53.6 Å². The molecule has 0 spiro atoms. The molecule has 0 radical (unpaired) electrons. The van der Waals surface area contributed by atoms with Crippen molar-refractivity contribution in [1.29, 1.82) is 0 Å². The Morgan fingerprint density at radius 3 is 2.51 bits per heavy atom. The van der Waals surface area contributed by atoms with Crippen molar-refractivity contribution in [1.82, 2.24) is 34.4 Å². The lowest BCUT2D eigenvalue weighted by Gasteiger charge is -2.15. The largest absolute Gasteiger partial charge is 0.416 e. The number of alkyl halides is 3. The molecule has 1 aliphatic carbocycles. The van der Waals surface area contributed by atoms with Crippen LogP contribution in [0, 0.1) is 0 Å². The molecule has 0 aliphatic heterocycles. The van der Waals surface area contributed by atoms with Gasteiger partial charge in [0.1, 0.15) is 12.9 Å². The van der Waals surface area contributed by atoms with E-state index < -0.39 is 24.5 Å². The lowest BCUT2D eigenvalue weighted by atomic mass is 10.1. The van der Waals surface area contributed by atoms with Crippen molar-refractivity contribution in [2.24, 2.45) is 0 Å². The van der Waals surface area contributed by atoms with E-state index in [0.29, 0.717) is 10.6 Å². The minimum Gasteiger partial charge on any atom is -0.382 e. The fourth-order valence-electron chi connectivity index (χ4n) is 3.83. The summed E-state index contributed by atoms with van der Waals surface area (Å²) in [6.45, 7) is -1.38. The third-order valence-electron chi connectivity index (χ3n) is 5.96. The molecule has 1 unspecified atom stereocenters. The molecule has 15 heteroatoms. The fourth-order valence-corrected chi connectivity index (χ4v) is 4.22. The highest BCUT2D eigenvalue weighted by Crippen LogP contribution is 2.27. The van der Waals surface area contributed by atoms with Gasteiger partial charge < -0.3 is 10.4 Å². The summed E-state index contributed by atoms with van der Waals surface area (Å²) in [5.74, 6) is -0.350. The first kappa shape index (κ1) is 26.9. The van der Waals surface area contributed by atoms with Gasteiger partial charge in [0.05, 0.1) is 22.8 Å². The molecule has 0 saturated heterocycles. The number of carbonyl (C=O) groups is 1. The van der Waals surface area contributed by atoms with Crippen molar-refractivity contribution in [3.05, 3.63) is 80.7 Å². The number of amides is 1. The third-order valence-corrected chi connectivity index (χ3v) is 6.52. The highest BCUT2D eigenvalue weighted by molar-refractivity contribution is 6.33. The van der Waals surface area contributed by atoms with Crippen LogP contribution in [0.25, 0.3) is 17.1 Å². The minimum absolute atomic E-state index is 0.0780. The van der Waals surface area contributed by atoms with Gasteiger partial charge in [0, 0.05) is 16.6 Å². The SMILES string of the molecule is O=C(NC1CC1)c1cccc(Cl)c1-n1cnc(Cn2nc(-c3ccc(Cl)cc3)n(CC(O)C(F)(F)F)c2=O)n1. The topological polar surface area (TPSA) is 120 Å². The van der Waals surface area contributed by atoms with Gasteiger partial charge in [-0.3, -0.25) is 9.36 Å². The lowest BCUT2D eigenvalue weighted by Crippen LogP contribution is -2.37. The van der Waals surface area contributed by atoms with Crippen LogP contribution in [0.5, 0.6) is 0 Å². The van der Waals surface area contributed by atoms with E-state index in [-0.39, 0.29) is 46.4 Å². The maximum absolute atomic E-state index is 13.1. The number of nitrogens with one attached hydrogen (secondary N) is 1. The van der Waals surface area contributed by atoms with Gasteiger partial charge >= 0.3 is 11.9 Å². The molecule has 2 N–H and O–H groups in total.